The van der Waals surface area contributed by atoms with Gasteiger partial charge in [-0.15, -0.1) is 0 Å². The van der Waals surface area contributed by atoms with Gasteiger partial charge >= 0.3 is 6.03 Å². The van der Waals surface area contributed by atoms with Crippen molar-refractivity contribution in [1.29, 1.82) is 5.26 Å². The van der Waals surface area contributed by atoms with E-state index >= 15 is 0 Å². The summed E-state index contributed by atoms with van der Waals surface area (Å²) in [7, 11) is 0. The van der Waals surface area contributed by atoms with Crippen molar-refractivity contribution in [3.05, 3.63) is 59.7 Å². The number of carbonyl (C=O) groups is 1. The number of carbonyl (C=O) groups excluding carboxylic acids is 1. The summed E-state index contributed by atoms with van der Waals surface area (Å²) in [5.74, 6) is 0.226. The largest absolute Gasteiger partial charge is 0.487 e. The topological polar surface area (TPSA) is 78.2 Å². The number of benzene rings is 1. The van der Waals surface area contributed by atoms with Crippen LogP contribution in [-0.4, -0.2) is 35.1 Å². The molecule has 1 fully saturated rings. The normalized spacial score (nSPS) is 16.3. The van der Waals surface area contributed by atoms with Gasteiger partial charge in [-0.3, -0.25) is 4.98 Å². The molecule has 1 atom stereocenters. The lowest BCUT2D eigenvalue weighted by Gasteiger charge is -2.18. The number of nitrogens with one attached hydrogen (secondary N) is 1. The van der Waals surface area contributed by atoms with Gasteiger partial charge in [-0.05, 0) is 30.3 Å². The summed E-state index contributed by atoms with van der Waals surface area (Å²) in [5.41, 5.74) is 0.645. The first-order valence-electron chi connectivity index (χ1n) is 7.93. The van der Waals surface area contributed by atoms with Crippen LogP contribution in [0.2, 0.25) is 0 Å². The first kappa shape index (κ1) is 16.7. The van der Waals surface area contributed by atoms with E-state index in [-0.39, 0.29) is 24.2 Å². The first-order chi connectivity index (χ1) is 12.2. The van der Waals surface area contributed by atoms with E-state index in [0.717, 1.165) is 6.42 Å². The fraction of sp³-hybridized carbons (Fsp3) is 0.278. The summed E-state index contributed by atoms with van der Waals surface area (Å²) in [5, 5.41) is 11.6. The van der Waals surface area contributed by atoms with Gasteiger partial charge in [-0.1, -0.05) is 0 Å². The minimum absolute atomic E-state index is 0.0326. The van der Waals surface area contributed by atoms with E-state index in [1.807, 2.05) is 12.1 Å². The highest BCUT2D eigenvalue weighted by Crippen LogP contribution is 2.17. The number of pyridine rings is 1. The molecule has 1 aliphatic heterocycles. The minimum Gasteiger partial charge on any atom is -0.487 e. The number of hydrogen-bond donors (Lipinski definition) is 1. The molecule has 128 valence electrons. The standard InChI is InChI=1S/C18H17FN4O2/c19-17-4-3-13(9-20)8-14(17)10-22-18(24)23-7-5-16(12-23)25-15-2-1-6-21-11-15/h1-4,6,8,11,16H,5,7,10,12H2,(H,22,24)/t16-/m1/s1. The average molecular weight is 340 g/mol. The van der Waals surface area contributed by atoms with E-state index in [2.05, 4.69) is 10.3 Å². The summed E-state index contributed by atoms with van der Waals surface area (Å²) in [6.45, 7) is 1.06. The Labute approximate surface area is 144 Å². The molecule has 2 amide bonds. The van der Waals surface area contributed by atoms with Crippen molar-refractivity contribution in [2.45, 2.75) is 19.1 Å². The molecule has 0 saturated carbocycles. The van der Waals surface area contributed by atoms with Crippen LogP contribution in [0.25, 0.3) is 0 Å². The first-order valence-corrected chi connectivity index (χ1v) is 7.93. The third-order valence-electron chi connectivity index (χ3n) is 3.97. The zero-order valence-corrected chi connectivity index (χ0v) is 13.5. The summed E-state index contributed by atoms with van der Waals surface area (Å²) in [6, 6.07) is 9.36. The Morgan fingerprint density at radius 2 is 2.36 bits per heavy atom. The molecule has 2 heterocycles. The molecule has 2 aromatic rings. The van der Waals surface area contributed by atoms with Gasteiger partial charge in [-0.25, -0.2) is 9.18 Å². The minimum atomic E-state index is -0.446. The maximum absolute atomic E-state index is 13.7. The van der Waals surface area contributed by atoms with Crippen molar-refractivity contribution in [2.75, 3.05) is 13.1 Å². The van der Waals surface area contributed by atoms with Gasteiger partial charge in [0.05, 0.1) is 24.4 Å². The van der Waals surface area contributed by atoms with Gasteiger partial charge in [0.1, 0.15) is 17.7 Å². The number of nitrogens with zero attached hydrogens (tertiary/aromatic N) is 3. The fourth-order valence-corrected chi connectivity index (χ4v) is 2.68. The number of rotatable bonds is 4. The van der Waals surface area contributed by atoms with E-state index in [1.165, 1.54) is 18.2 Å². The number of urea groups is 1. The third-order valence-corrected chi connectivity index (χ3v) is 3.97. The molecule has 1 aliphatic rings. The number of halogens is 1. The monoisotopic (exact) mass is 340 g/mol. The Bertz CT molecular complexity index is 791. The van der Waals surface area contributed by atoms with E-state index in [9.17, 15) is 9.18 Å². The maximum atomic E-state index is 13.7. The fourth-order valence-electron chi connectivity index (χ4n) is 2.68. The molecule has 1 aromatic heterocycles. The van der Waals surface area contributed by atoms with Crippen LogP contribution in [0.4, 0.5) is 9.18 Å². The molecule has 25 heavy (non-hydrogen) atoms. The van der Waals surface area contributed by atoms with Crippen LogP contribution in [0.3, 0.4) is 0 Å². The predicted molar refractivity (Wildman–Crippen MR) is 88.2 cm³/mol. The molecule has 1 saturated heterocycles. The average Bonchev–Trinajstić information content (AvgIpc) is 3.10. The Hall–Kier alpha value is -3.14. The van der Waals surface area contributed by atoms with Crippen molar-refractivity contribution >= 4 is 6.03 Å². The molecular weight excluding hydrogens is 323 g/mol. The lowest BCUT2D eigenvalue weighted by molar-refractivity contribution is 0.186. The van der Waals surface area contributed by atoms with Crippen molar-refractivity contribution in [2.24, 2.45) is 0 Å². The van der Waals surface area contributed by atoms with Crippen LogP contribution in [0, 0.1) is 17.1 Å². The van der Waals surface area contributed by atoms with Gasteiger partial charge in [0, 0.05) is 31.3 Å². The molecule has 7 heteroatoms. The second-order valence-corrected chi connectivity index (χ2v) is 5.74. The van der Waals surface area contributed by atoms with Crippen LogP contribution in [0.1, 0.15) is 17.5 Å². The van der Waals surface area contributed by atoms with Crippen molar-refractivity contribution in [3.63, 3.8) is 0 Å². The molecule has 3 rings (SSSR count). The summed E-state index contributed by atoms with van der Waals surface area (Å²) in [6.07, 6.45) is 3.93. The number of nitriles is 1. The number of likely N-dealkylation sites (tertiary alicyclic amines) is 1. The van der Waals surface area contributed by atoms with Crippen molar-refractivity contribution in [1.82, 2.24) is 15.2 Å². The molecular formula is C18H17FN4O2. The highest BCUT2D eigenvalue weighted by molar-refractivity contribution is 5.74. The van der Waals surface area contributed by atoms with Crippen LogP contribution in [-0.2, 0) is 6.54 Å². The molecule has 1 aromatic carbocycles. The second kappa shape index (κ2) is 7.62. The molecule has 0 bridgehead atoms. The molecule has 6 nitrogen and oxygen atoms in total. The smallest absolute Gasteiger partial charge is 0.317 e. The van der Waals surface area contributed by atoms with Gasteiger partial charge in [0.2, 0.25) is 0 Å². The van der Waals surface area contributed by atoms with E-state index < -0.39 is 5.82 Å². The maximum Gasteiger partial charge on any atom is 0.317 e. The van der Waals surface area contributed by atoms with Gasteiger partial charge in [0.25, 0.3) is 0 Å². The Morgan fingerprint density at radius 3 is 3.12 bits per heavy atom. The van der Waals surface area contributed by atoms with Crippen molar-refractivity contribution < 1.29 is 13.9 Å². The number of amides is 2. The van der Waals surface area contributed by atoms with Crippen LogP contribution >= 0.6 is 0 Å². The molecule has 0 unspecified atom stereocenters. The van der Waals surface area contributed by atoms with Crippen molar-refractivity contribution in [3.8, 4) is 11.8 Å². The molecule has 1 N–H and O–H groups in total. The summed E-state index contributed by atoms with van der Waals surface area (Å²) >= 11 is 0. The van der Waals surface area contributed by atoms with E-state index in [4.69, 9.17) is 10.00 Å². The van der Waals surface area contributed by atoms with Crippen LogP contribution < -0.4 is 10.1 Å². The SMILES string of the molecule is N#Cc1ccc(F)c(CNC(=O)N2CC[C@@H](Oc3cccnc3)C2)c1. The van der Waals surface area contributed by atoms with Gasteiger partial charge < -0.3 is 15.0 Å². The van der Waals surface area contributed by atoms with Gasteiger partial charge in [0.15, 0.2) is 0 Å². The Balaban J connectivity index is 1.52. The van der Waals surface area contributed by atoms with E-state index in [1.54, 1.807) is 23.4 Å². The zero-order chi connectivity index (χ0) is 17.6. The van der Waals surface area contributed by atoms with Gasteiger partial charge in [-0.2, -0.15) is 5.26 Å². The summed E-state index contributed by atoms with van der Waals surface area (Å²) < 4.78 is 19.5. The number of ether oxygens (including phenoxy) is 1. The third kappa shape index (κ3) is 4.23. The lowest BCUT2D eigenvalue weighted by Crippen LogP contribution is -2.39. The molecule has 0 aliphatic carbocycles. The van der Waals surface area contributed by atoms with E-state index in [0.29, 0.717) is 24.4 Å². The quantitative estimate of drug-likeness (QED) is 0.927. The molecule has 0 radical (unpaired) electrons. The zero-order valence-electron chi connectivity index (χ0n) is 13.5. The highest BCUT2D eigenvalue weighted by atomic mass is 19.1. The second-order valence-electron chi connectivity index (χ2n) is 5.74. The Kier molecular flexibility index (Phi) is 5.09. The molecule has 0 spiro atoms. The Morgan fingerprint density at radius 1 is 1.48 bits per heavy atom. The number of aromatic nitrogens is 1. The van der Waals surface area contributed by atoms with Crippen LogP contribution in [0.15, 0.2) is 42.7 Å². The number of hydrogen-bond acceptors (Lipinski definition) is 4. The predicted octanol–water partition coefficient (Wildman–Crippen LogP) is 2.46. The lowest BCUT2D eigenvalue weighted by atomic mass is 10.1. The summed E-state index contributed by atoms with van der Waals surface area (Å²) in [4.78, 5) is 17.9. The van der Waals surface area contributed by atoms with Crippen LogP contribution in [0.5, 0.6) is 5.75 Å². The highest BCUT2D eigenvalue weighted by Gasteiger charge is 2.27.